The molecule has 108 valence electrons. The van der Waals surface area contributed by atoms with Crippen molar-refractivity contribution < 1.29 is 14.6 Å². The number of aryl methyl sites for hydroxylation is 1. The van der Waals surface area contributed by atoms with Crippen LogP contribution in [0.15, 0.2) is 24.3 Å². The van der Waals surface area contributed by atoms with Gasteiger partial charge in [0, 0.05) is 20.2 Å². The van der Waals surface area contributed by atoms with Gasteiger partial charge in [-0.05, 0) is 38.5 Å². The Morgan fingerprint density at radius 2 is 2.11 bits per heavy atom. The summed E-state index contributed by atoms with van der Waals surface area (Å²) in [6.45, 7) is 7.45. The molecule has 1 aromatic carbocycles. The van der Waals surface area contributed by atoms with E-state index in [0.717, 1.165) is 11.3 Å². The molecule has 0 aliphatic heterocycles. The zero-order chi connectivity index (χ0) is 14.3. The van der Waals surface area contributed by atoms with Crippen molar-refractivity contribution in [1.82, 2.24) is 5.32 Å². The van der Waals surface area contributed by atoms with Crippen LogP contribution in [0, 0.1) is 6.92 Å². The van der Waals surface area contributed by atoms with Crippen molar-refractivity contribution in [2.75, 3.05) is 26.8 Å². The molecule has 0 spiro atoms. The molecule has 0 bridgehead atoms. The summed E-state index contributed by atoms with van der Waals surface area (Å²) in [5.74, 6) is 0.788. The van der Waals surface area contributed by atoms with E-state index in [9.17, 15) is 5.11 Å². The number of hydrogen-bond donors (Lipinski definition) is 2. The Morgan fingerprint density at radius 3 is 2.74 bits per heavy atom. The van der Waals surface area contributed by atoms with Crippen LogP contribution in [0.5, 0.6) is 5.75 Å². The average Bonchev–Trinajstić information content (AvgIpc) is 2.36. The molecule has 1 aromatic rings. The predicted octanol–water partition coefficient (Wildman–Crippen LogP) is 1.75. The second-order valence-electron chi connectivity index (χ2n) is 5.38. The van der Waals surface area contributed by atoms with Gasteiger partial charge >= 0.3 is 0 Å². The molecule has 0 fully saturated rings. The molecule has 4 nitrogen and oxygen atoms in total. The van der Waals surface area contributed by atoms with Gasteiger partial charge in [-0.2, -0.15) is 0 Å². The number of methoxy groups -OCH3 is 1. The fraction of sp³-hybridized carbons (Fsp3) is 0.600. The van der Waals surface area contributed by atoms with Gasteiger partial charge in [-0.1, -0.05) is 12.1 Å². The number of hydrogen-bond acceptors (Lipinski definition) is 4. The second-order valence-corrected chi connectivity index (χ2v) is 5.38. The van der Waals surface area contributed by atoms with Crippen molar-refractivity contribution in [2.24, 2.45) is 0 Å². The lowest BCUT2D eigenvalue weighted by atomic mass is 10.1. The Morgan fingerprint density at radius 1 is 1.37 bits per heavy atom. The molecule has 19 heavy (non-hydrogen) atoms. The average molecular weight is 267 g/mol. The van der Waals surface area contributed by atoms with E-state index in [-0.39, 0.29) is 12.2 Å². The third-order valence-corrected chi connectivity index (χ3v) is 2.92. The van der Waals surface area contributed by atoms with Crippen molar-refractivity contribution in [3.05, 3.63) is 29.8 Å². The number of rotatable bonds is 8. The van der Waals surface area contributed by atoms with Gasteiger partial charge in [-0.3, -0.25) is 0 Å². The van der Waals surface area contributed by atoms with E-state index >= 15 is 0 Å². The van der Waals surface area contributed by atoms with Crippen molar-refractivity contribution in [1.29, 1.82) is 0 Å². The van der Waals surface area contributed by atoms with E-state index in [0.29, 0.717) is 13.1 Å². The molecular formula is C15H25NO3. The van der Waals surface area contributed by atoms with E-state index in [4.69, 9.17) is 9.47 Å². The monoisotopic (exact) mass is 267 g/mol. The number of nitrogens with one attached hydrogen (secondary N) is 1. The highest BCUT2D eigenvalue weighted by Gasteiger charge is 2.16. The van der Waals surface area contributed by atoms with Crippen molar-refractivity contribution >= 4 is 0 Å². The maximum Gasteiger partial charge on any atom is 0.119 e. The molecule has 0 heterocycles. The van der Waals surface area contributed by atoms with Crippen LogP contribution >= 0.6 is 0 Å². The molecule has 4 heteroatoms. The van der Waals surface area contributed by atoms with E-state index in [1.165, 1.54) is 0 Å². The molecule has 0 amide bonds. The van der Waals surface area contributed by atoms with Crippen molar-refractivity contribution in [3.8, 4) is 5.75 Å². The fourth-order valence-corrected chi connectivity index (χ4v) is 1.57. The van der Waals surface area contributed by atoms with E-state index in [1.807, 2.05) is 45.0 Å². The topological polar surface area (TPSA) is 50.7 Å². The lowest BCUT2D eigenvalue weighted by Crippen LogP contribution is -2.41. The van der Waals surface area contributed by atoms with E-state index in [2.05, 4.69) is 5.32 Å². The van der Waals surface area contributed by atoms with Gasteiger partial charge in [0.25, 0.3) is 0 Å². The standard InChI is InChI=1S/C15H25NO3/c1-12-6-5-7-14(8-12)19-10-13(17)9-16-11-15(2,3)18-4/h5-8,13,16-17H,9-11H2,1-4H3. The number of aliphatic hydroxyl groups excluding tert-OH is 1. The zero-order valence-electron chi connectivity index (χ0n) is 12.3. The molecule has 1 unspecified atom stereocenters. The van der Waals surface area contributed by atoms with Crippen molar-refractivity contribution in [3.63, 3.8) is 0 Å². The van der Waals surface area contributed by atoms with Gasteiger partial charge < -0.3 is 19.9 Å². The summed E-state index contributed by atoms with van der Waals surface area (Å²) in [6.07, 6.45) is -0.534. The maximum absolute atomic E-state index is 9.82. The van der Waals surface area contributed by atoms with Crippen LogP contribution in [0.2, 0.25) is 0 Å². The summed E-state index contributed by atoms with van der Waals surface area (Å²) in [5.41, 5.74) is 0.920. The molecule has 0 saturated carbocycles. The first-order valence-corrected chi connectivity index (χ1v) is 6.56. The Bertz CT molecular complexity index is 379. The summed E-state index contributed by atoms with van der Waals surface area (Å²) < 4.78 is 10.8. The van der Waals surface area contributed by atoms with Crippen molar-refractivity contribution in [2.45, 2.75) is 32.5 Å². The second kappa shape index (κ2) is 7.48. The third kappa shape index (κ3) is 6.57. The van der Waals surface area contributed by atoms with Gasteiger partial charge in [0.1, 0.15) is 18.5 Å². The highest BCUT2D eigenvalue weighted by atomic mass is 16.5. The Balaban J connectivity index is 2.23. The van der Waals surface area contributed by atoms with Gasteiger partial charge in [0.2, 0.25) is 0 Å². The summed E-state index contributed by atoms with van der Waals surface area (Å²) in [6, 6.07) is 7.80. The number of benzene rings is 1. The van der Waals surface area contributed by atoms with Gasteiger partial charge in [0.05, 0.1) is 5.60 Å². The fourth-order valence-electron chi connectivity index (χ4n) is 1.57. The molecule has 0 radical (unpaired) electrons. The number of aliphatic hydroxyl groups is 1. The van der Waals surface area contributed by atoms with Gasteiger partial charge in [0.15, 0.2) is 0 Å². The first-order chi connectivity index (χ1) is 8.93. The van der Waals surface area contributed by atoms with Gasteiger partial charge in [-0.15, -0.1) is 0 Å². The maximum atomic E-state index is 9.82. The normalized spacial score (nSPS) is 13.3. The summed E-state index contributed by atoms with van der Waals surface area (Å²) in [4.78, 5) is 0. The predicted molar refractivity (Wildman–Crippen MR) is 76.6 cm³/mol. The van der Waals surface area contributed by atoms with Crippen LogP contribution in [0.1, 0.15) is 19.4 Å². The summed E-state index contributed by atoms with van der Waals surface area (Å²) >= 11 is 0. The molecule has 1 atom stereocenters. The van der Waals surface area contributed by atoms with Crippen LogP contribution in [0.4, 0.5) is 0 Å². The van der Waals surface area contributed by atoms with Crippen LogP contribution < -0.4 is 10.1 Å². The third-order valence-electron chi connectivity index (χ3n) is 2.92. The smallest absolute Gasteiger partial charge is 0.119 e. The van der Waals surface area contributed by atoms with Crippen LogP contribution in [-0.4, -0.2) is 43.6 Å². The van der Waals surface area contributed by atoms with Crippen LogP contribution in [-0.2, 0) is 4.74 Å². The summed E-state index contributed by atoms with van der Waals surface area (Å²) in [5, 5.41) is 13.0. The van der Waals surface area contributed by atoms with E-state index in [1.54, 1.807) is 7.11 Å². The number of ether oxygens (including phenoxy) is 2. The van der Waals surface area contributed by atoms with Crippen LogP contribution in [0.3, 0.4) is 0 Å². The lowest BCUT2D eigenvalue weighted by molar-refractivity contribution is 0.0191. The Labute approximate surface area is 115 Å². The molecule has 1 rings (SSSR count). The quantitative estimate of drug-likeness (QED) is 0.753. The lowest BCUT2D eigenvalue weighted by Gasteiger charge is -2.24. The zero-order valence-corrected chi connectivity index (χ0v) is 12.3. The molecule has 2 N–H and O–H groups in total. The minimum Gasteiger partial charge on any atom is -0.491 e. The largest absolute Gasteiger partial charge is 0.491 e. The molecule has 0 saturated heterocycles. The van der Waals surface area contributed by atoms with E-state index < -0.39 is 6.10 Å². The highest BCUT2D eigenvalue weighted by Crippen LogP contribution is 2.12. The highest BCUT2D eigenvalue weighted by molar-refractivity contribution is 5.27. The first-order valence-electron chi connectivity index (χ1n) is 6.56. The summed E-state index contributed by atoms with van der Waals surface area (Å²) in [7, 11) is 1.68. The minimum absolute atomic E-state index is 0.225. The Kier molecular flexibility index (Phi) is 6.28. The molecule has 0 aliphatic rings. The Hall–Kier alpha value is -1.10. The van der Waals surface area contributed by atoms with Gasteiger partial charge in [-0.25, -0.2) is 0 Å². The molecule has 0 aliphatic carbocycles. The molecular weight excluding hydrogens is 242 g/mol. The molecule has 0 aromatic heterocycles. The SMILES string of the molecule is COC(C)(C)CNCC(O)COc1cccc(C)c1. The van der Waals surface area contributed by atoms with Crippen LogP contribution in [0.25, 0.3) is 0 Å². The first kappa shape index (κ1) is 16.0. The minimum atomic E-state index is -0.534.